The van der Waals surface area contributed by atoms with Crippen molar-refractivity contribution >= 4 is 21.9 Å². The smallest absolute Gasteiger partial charge is 0.164 e. The highest BCUT2D eigenvalue weighted by molar-refractivity contribution is 6.07. The molecule has 0 bridgehead atoms. The van der Waals surface area contributed by atoms with Gasteiger partial charge in [0.2, 0.25) is 0 Å². The van der Waals surface area contributed by atoms with Gasteiger partial charge in [0.15, 0.2) is 17.5 Å². The van der Waals surface area contributed by atoms with E-state index < -0.39 is 0 Å². The molecule has 2 heterocycles. The average molecular weight is 632 g/mol. The fourth-order valence-corrected chi connectivity index (χ4v) is 8.29. The third-order valence-corrected chi connectivity index (χ3v) is 10.9. The van der Waals surface area contributed by atoms with E-state index in [1.165, 1.54) is 44.5 Å². The van der Waals surface area contributed by atoms with Crippen LogP contribution in [0.4, 0.5) is 0 Å². The van der Waals surface area contributed by atoms with E-state index in [9.17, 15) is 0 Å². The molecule has 2 aliphatic rings. The Kier molecular flexibility index (Phi) is 5.65. The molecule has 234 valence electrons. The zero-order valence-corrected chi connectivity index (χ0v) is 27.9. The van der Waals surface area contributed by atoms with Crippen LogP contribution in [0.15, 0.2) is 132 Å². The van der Waals surface area contributed by atoms with Crippen LogP contribution < -0.4 is 0 Å². The van der Waals surface area contributed by atoms with Crippen molar-refractivity contribution in [2.75, 3.05) is 0 Å². The van der Waals surface area contributed by atoms with Crippen molar-refractivity contribution in [2.45, 2.75) is 38.5 Å². The van der Waals surface area contributed by atoms with Crippen molar-refractivity contribution in [3.05, 3.63) is 150 Å². The number of hydrogen-bond acceptors (Lipinski definition) is 4. The summed E-state index contributed by atoms with van der Waals surface area (Å²) in [4.78, 5) is 15.3. The SMILES string of the molecule is CC1(C)c2ccccc2-c2ccc(-c3nc(-c4ccccc4)nc(-c4ccc5c(c4)C(C)(C)c4cc6c(cc4-5)oc4ccccc46)n3)cc21. The van der Waals surface area contributed by atoms with Gasteiger partial charge < -0.3 is 4.42 Å². The lowest BCUT2D eigenvalue weighted by Crippen LogP contribution is -2.15. The summed E-state index contributed by atoms with van der Waals surface area (Å²) in [5.74, 6) is 2.01. The molecule has 0 N–H and O–H groups in total. The molecule has 10 rings (SSSR count). The zero-order valence-electron chi connectivity index (χ0n) is 27.9. The number of hydrogen-bond donors (Lipinski definition) is 0. The summed E-state index contributed by atoms with van der Waals surface area (Å²) in [6, 6.07) is 45.1. The summed E-state index contributed by atoms with van der Waals surface area (Å²) in [6.45, 7) is 9.24. The van der Waals surface area contributed by atoms with Crippen LogP contribution in [0.2, 0.25) is 0 Å². The molecule has 4 heteroatoms. The van der Waals surface area contributed by atoms with Crippen molar-refractivity contribution in [2.24, 2.45) is 0 Å². The Morgan fingerprint density at radius 1 is 0.388 bits per heavy atom. The number of aromatic nitrogens is 3. The number of nitrogens with zero attached hydrogens (tertiary/aromatic N) is 3. The number of para-hydroxylation sites is 1. The molecular weight excluding hydrogens is 599 g/mol. The highest BCUT2D eigenvalue weighted by atomic mass is 16.3. The van der Waals surface area contributed by atoms with Crippen LogP contribution in [0, 0.1) is 0 Å². The van der Waals surface area contributed by atoms with Crippen LogP contribution in [-0.2, 0) is 10.8 Å². The Balaban J connectivity index is 1.13. The van der Waals surface area contributed by atoms with Crippen molar-refractivity contribution in [1.29, 1.82) is 0 Å². The second-order valence-electron chi connectivity index (χ2n) is 14.5. The molecular formula is C45H33N3O. The highest BCUT2D eigenvalue weighted by Gasteiger charge is 2.37. The lowest BCUT2D eigenvalue weighted by atomic mass is 9.81. The van der Waals surface area contributed by atoms with E-state index in [4.69, 9.17) is 19.4 Å². The minimum Gasteiger partial charge on any atom is -0.456 e. The predicted octanol–water partition coefficient (Wildman–Crippen LogP) is 11.4. The van der Waals surface area contributed by atoms with Gasteiger partial charge in [-0.1, -0.05) is 125 Å². The van der Waals surface area contributed by atoms with Gasteiger partial charge in [0.1, 0.15) is 11.2 Å². The van der Waals surface area contributed by atoms with Crippen molar-refractivity contribution in [1.82, 2.24) is 15.0 Å². The molecule has 0 aliphatic heterocycles. The predicted molar refractivity (Wildman–Crippen MR) is 199 cm³/mol. The summed E-state index contributed by atoms with van der Waals surface area (Å²) < 4.78 is 6.30. The molecule has 8 aromatic rings. The van der Waals surface area contributed by atoms with Crippen molar-refractivity contribution in [3.8, 4) is 56.4 Å². The van der Waals surface area contributed by atoms with Gasteiger partial charge in [0.25, 0.3) is 0 Å². The van der Waals surface area contributed by atoms with Gasteiger partial charge in [-0.15, -0.1) is 0 Å². The van der Waals surface area contributed by atoms with E-state index in [0.29, 0.717) is 17.5 Å². The first-order chi connectivity index (χ1) is 23.8. The Morgan fingerprint density at radius 3 is 1.63 bits per heavy atom. The number of rotatable bonds is 3. The fraction of sp³-hybridized carbons (Fsp3) is 0.133. The summed E-state index contributed by atoms with van der Waals surface area (Å²) >= 11 is 0. The minimum absolute atomic E-state index is 0.117. The molecule has 0 atom stereocenters. The molecule has 0 amide bonds. The second-order valence-corrected chi connectivity index (χ2v) is 14.5. The molecule has 2 aliphatic carbocycles. The second kappa shape index (κ2) is 9.83. The first kappa shape index (κ1) is 28.2. The average Bonchev–Trinajstić information content (AvgIpc) is 3.70. The van der Waals surface area contributed by atoms with E-state index in [1.807, 2.05) is 30.3 Å². The summed E-state index contributed by atoms with van der Waals surface area (Å²) in [7, 11) is 0. The van der Waals surface area contributed by atoms with E-state index >= 15 is 0 Å². The number of fused-ring (bicyclic) bond motifs is 9. The van der Waals surface area contributed by atoms with E-state index in [-0.39, 0.29) is 10.8 Å². The minimum atomic E-state index is -0.216. The van der Waals surface area contributed by atoms with Gasteiger partial charge >= 0.3 is 0 Å². The van der Waals surface area contributed by atoms with Gasteiger partial charge in [0.05, 0.1) is 0 Å². The van der Waals surface area contributed by atoms with Crippen LogP contribution in [0.5, 0.6) is 0 Å². The van der Waals surface area contributed by atoms with E-state index in [1.54, 1.807) is 0 Å². The maximum Gasteiger partial charge on any atom is 0.164 e. The molecule has 0 fully saturated rings. The van der Waals surface area contributed by atoms with Crippen LogP contribution in [-0.4, -0.2) is 15.0 Å². The van der Waals surface area contributed by atoms with Crippen LogP contribution in [0.3, 0.4) is 0 Å². The van der Waals surface area contributed by atoms with Crippen LogP contribution in [0.25, 0.3) is 78.4 Å². The van der Waals surface area contributed by atoms with Gasteiger partial charge in [-0.25, -0.2) is 15.0 Å². The molecule has 49 heavy (non-hydrogen) atoms. The quantitative estimate of drug-likeness (QED) is 0.195. The first-order valence-electron chi connectivity index (χ1n) is 16.9. The summed E-state index contributed by atoms with van der Waals surface area (Å²) in [5.41, 5.74) is 14.7. The third kappa shape index (κ3) is 4.01. The van der Waals surface area contributed by atoms with Gasteiger partial charge in [-0.3, -0.25) is 0 Å². The fourth-order valence-electron chi connectivity index (χ4n) is 8.29. The Hall–Kier alpha value is -5.87. The molecule has 6 aromatic carbocycles. The van der Waals surface area contributed by atoms with E-state index in [2.05, 4.69) is 125 Å². The molecule has 0 spiro atoms. The first-order valence-corrected chi connectivity index (χ1v) is 16.9. The third-order valence-electron chi connectivity index (χ3n) is 10.9. The summed E-state index contributed by atoms with van der Waals surface area (Å²) in [6.07, 6.45) is 0. The molecule has 2 aromatic heterocycles. The molecule has 0 unspecified atom stereocenters. The molecule has 0 radical (unpaired) electrons. The van der Waals surface area contributed by atoms with Crippen LogP contribution >= 0.6 is 0 Å². The number of benzene rings is 6. The number of furan rings is 1. The Bertz CT molecular complexity index is 2660. The van der Waals surface area contributed by atoms with E-state index in [0.717, 1.165) is 38.6 Å². The van der Waals surface area contributed by atoms with Crippen LogP contribution in [0.1, 0.15) is 49.9 Å². The van der Waals surface area contributed by atoms with Gasteiger partial charge in [0, 0.05) is 38.3 Å². The van der Waals surface area contributed by atoms with Gasteiger partial charge in [-0.05, 0) is 74.8 Å². The highest BCUT2D eigenvalue weighted by Crippen LogP contribution is 2.52. The maximum atomic E-state index is 6.30. The molecule has 0 saturated heterocycles. The largest absolute Gasteiger partial charge is 0.456 e. The topological polar surface area (TPSA) is 51.8 Å². The Morgan fingerprint density at radius 2 is 0.918 bits per heavy atom. The molecule has 4 nitrogen and oxygen atoms in total. The zero-order chi connectivity index (χ0) is 33.1. The standard InChI is InChI=1S/C45H33N3O/c1-44(2)35-16-10-8-14-29(35)30-20-18-27(22-36(30)44)42-46-41(26-12-6-5-7-13-26)47-43(48-42)28-19-21-31-33-25-40-34(32-15-9-11-17-39(32)49-40)24-38(33)45(3,4)37(31)23-28/h5-25H,1-4H3. The normalized spacial score (nSPS) is 14.9. The monoisotopic (exact) mass is 631 g/mol. The molecule has 0 saturated carbocycles. The lowest BCUT2D eigenvalue weighted by molar-refractivity contribution is 0.658. The van der Waals surface area contributed by atoms with Crippen molar-refractivity contribution < 1.29 is 4.42 Å². The van der Waals surface area contributed by atoms with Crippen molar-refractivity contribution in [3.63, 3.8) is 0 Å². The summed E-state index contributed by atoms with van der Waals surface area (Å²) in [5, 5.41) is 2.31. The van der Waals surface area contributed by atoms with Gasteiger partial charge in [-0.2, -0.15) is 0 Å². The Labute approximate surface area is 285 Å². The lowest BCUT2D eigenvalue weighted by Gasteiger charge is -2.22. The maximum absolute atomic E-state index is 6.30.